The first-order chi connectivity index (χ1) is 15.6. The average Bonchev–Trinajstić information content (AvgIpc) is 2.75. The van der Waals surface area contributed by atoms with E-state index >= 15 is 0 Å². The second-order valence-electron chi connectivity index (χ2n) is 9.70. The average molecular weight is 455 g/mol. The molecule has 190 valence electrons. The molecule has 0 fully saturated rings. The summed E-state index contributed by atoms with van der Waals surface area (Å²) in [6.45, 7) is 4.12. The van der Waals surface area contributed by atoms with Gasteiger partial charge < -0.3 is 9.84 Å². The van der Waals surface area contributed by atoms with Gasteiger partial charge in [-0.2, -0.15) is 0 Å². The van der Waals surface area contributed by atoms with Crippen LogP contribution in [-0.4, -0.2) is 23.1 Å². The quantitative estimate of drug-likeness (QED) is 0.110. The van der Waals surface area contributed by atoms with Crippen LogP contribution < -0.4 is 0 Å². The second-order valence-corrected chi connectivity index (χ2v) is 9.70. The summed E-state index contributed by atoms with van der Waals surface area (Å²) in [4.78, 5) is 22.3. The lowest BCUT2D eigenvalue weighted by Gasteiger charge is -2.12. The van der Waals surface area contributed by atoms with E-state index in [1.165, 1.54) is 109 Å². The highest BCUT2D eigenvalue weighted by molar-refractivity contribution is 5.69. The van der Waals surface area contributed by atoms with Crippen LogP contribution in [0.3, 0.4) is 0 Å². The lowest BCUT2D eigenvalue weighted by atomic mass is 10.0. The number of ether oxygens (including phenoxy) is 1. The Morgan fingerprint density at radius 2 is 0.969 bits per heavy atom. The number of carbonyl (C=O) groups excluding carboxylic acids is 1. The Bertz CT molecular complexity index is 422. The number of esters is 1. The Morgan fingerprint density at radius 3 is 1.34 bits per heavy atom. The van der Waals surface area contributed by atoms with Crippen molar-refractivity contribution in [2.75, 3.05) is 0 Å². The van der Waals surface area contributed by atoms with E-state index in [2.05, 4.69) is 6.92 Å². The number of carboxylic acids is 1. The van der Waals surface area contributed by atoms with Crippen LogP contribution in [0.4, 0.5) is 0 Å². The van der Waals surface area contributed by atoms with E-state index in [-0.39, 0.29) is 18.5 Å². The van der Waals surface area contributed by atoms with E-state index in [1.807, 2.05) is 6.92 Å². The zero-order valence-corrected chi connectivity index (χ0v) is 21.5. The highest BCUT2D eigenvalue weighted by Gasteiger charge is 2.10. The predicted molar refractivity (Wildman–Crippen MR) is 135 cm³/mol. The van der Waals surface area contributed by atoms with Crippen LogP contribution in [0.5, 0.6) is 0 Å². The summed E-state index contributed by atoms with van der Waals surface area (Å²) in [5.74, 6) is -0.933. The van der Waals surface area contributed by atoms with Crippen LogP contribution in [0.1, 0.15) is 162 Å². The minimum Gasteiger partial charge on any atom is -0.481 e. The molecule has 0 aliphatic rings. The molecule has 0 amide bonds. The van der Waals surface area contributed by atoms with E-state index in [0.717, 1.165) is 12.8 Å². The molecule has 0 rings (SSSR count). The molecule has 0 aliphatic carbocycles. The van der Waals surface area contributed by atoms with Crippen LogP contribution in [0.2, 0.25) is 0 Å². The fraction of sp³-hybridized carbons (Fsp3) is 0.929. The number of hydrogen-bond donors (Lipinski definition) is 1. The Kier molecular flexibility index (Phi) is 23.8. The number of rotatable bonds is 25. The SMILES string of the molecule is CCCCCCCCCCCCCCCCCCCCCC(=O)OC(C)CCCC(=O)O. The van der Waals surface area contributed by atoms with Gasteiger partial charge in [-0.05, 0) is 26.2 Å². The van der Waals surface area contributed by atoms with Crippen molar-refractivity contribution in [1.29, 1.82) is 0 Å². The third-order valence-corrected chi connectivity index (χ3v) is 6.32. The molecule has 0 spiro atoms. The monoisotopic (exact) mass is 454 g/mol. The first-order valence-electron chi connectivity index (χ1n) is 14.0. The minimum absolute atomic E-state index is 0.139. The number of hydrogen-bond acceptors (Lipinski definition) is 3. The van der Waals surface area contributed by atoms with Gasteiger partial charge in [-0.1, -0.05) is 122 Å². The van der Waals surface area contributed by atoms with Gasteiger partial charge >= 0.3 is 11.9 Å². The minimum atomic E-state index is -0.794. The Labute approximate surface area is 199 Å². The maximum Gasteiger partial charge on any atom is 0.306 e. The molecule has 0 aromatic carbocycles. The van der Waals surface area contributed by atoms with Crippen LogP contribution in [-0.2, 0) is 14.3 Å². The van der Waals surface area contributed by atoms with Crippen LogP contribution in [0, 0.1) is 0 Å². The van der Waals surface area contributed by atoms with Crippen LogP contribution in [0.25, 0.3) is 0 Å². The van der Waals surface area contributed by atoms with E-state index in [0.29, 0.717) is 19.3 Å². The molecule has 1 atom stereocenters. The molecule has 1 N–H and O–H groups in total. The maximum atomic E-state index is 11.8. The molecular formula is C28H54O4. The first kappa shape index (κ1) is 30.9. The first-order valence-corrected chi connectivity index (χ1v) is 14.0. The number of aliphatic carboxylic acids is 1. The smallest absolute Gasteiger partial charge is 0.306 e. The van der Waals surface area contributed by atoms with Crippen LogP contribution >= 0.6 is 0 Å². The fourth-order valence-corrected chi connectivity index (χ4v) is 4.23. The molecule has 0 aromatic rings. The Balaban J connectivity index is 3.21. The summed E-state index contributed by atoms with van der Waals surface area (Å²) >= 11 is 0. The van der Waals surface area contributed by atoms with Crippen molar-refractivity contribution in [3.05, 3.63) is 0 Å². The molecule has 0 aliphatic heterocycles. The standard InChI is InChI=1S/C28H54O4/c1-3-4-5-6-7-8-9-10-11-12-13-14-15-16-17-18-19-20-21-25-28(31)32-26(2)23-22-24-27(29)30/h26H,3-25H2,1-2H3,(H,29,30). The zero-order valence-electron chi connectivity index (χ0n) is 21.5. The van der Waals surface area contributed by atoms with Crippen molar-refractivity contribution in [3.8, 4) is 0 Å². The molecule has 4 heteroatoms. The third kappa shape index (κ3) is 25.2. The zero-order chi connectivity index (χ0) is 23.7. The summed E-state index contributed by atoms with van der Waals surface area (Å²) < 4.78 is 5.34. The second kappa shape index (κ2) is 24.6. The molecule has 32 heavy (non-hydrogen) atoms. The summed E-state index contributed by atoms with van der Waals surface area (Å²) in [5.41, 5.74) is 0. The van der Waals surface area contributed by atoms with Crippen LogP contribution in [0.15, 0.2) is 0 Å². The van der Waals surface area contributed by atoms with Gasteiger partial charge in [0, 0.05) is 12.8 Å². The lowest BCUT2D eigenvalue weighted by molar-refractivity contribution is -0.148. The van der Waals surface area contributed by atoms with E-state index in [1.54, 1.807) is 0 Å². The summed E-state index contributed by atoms with van der Waals surface area (Å²) in [6, 6.07) is 0. The van der Waals surface area contributed by atoms with Gasteiger partial charge in [0.15, 0.2) is 0 Å². The summed E-state index contributed by atoms with van der Waals surface area (Å²) in [7, 11) is 0. The van der Waals surface area contributed by atoms with E-state index < -0.39 is 5.97 Å². The molecule has 1 unspecified atom stereocenters. The number of unbranched alkanes of at least 4 members (excludes halogenated alkanes) is 18. The summed E-state index contributed by atoms with van der Waals surface area (Å²) in [5, 5.41) is 8.63. The highest BCUT2D eigenvalue weighted by atomic mass is 16.5. The Hall–Kier alpha value is -1.06. The van der Waals surface area contributed by atoms with E-state index in [4.69, 9.17) is 9.84 Å². The predicted octanol–water partition coefficient (Wildman–Crippen LogP) is 8.99. The van der Waals surface area contributed by atoms with Crippen molar-refractivity contribution in [3.63, 3.8) is 0 Å². The van der Waals surface area contributed by atoms with Gasteiger partial charge in [-0.25, -0.2) is 0 Å². The topological polar surface area (TPSA) is 63.6 Å². The van der Waals surface area contributed by atoms with E-state index in [9.17, 15) is 9.59 Å². The van der Waals surface area contributed by atoms with Gasteiger partial charge in [0.1, 0.15) is 0 Å². The number of carbonyl (C=O) groups is 2. The molecule has 0 saturated carbocycles. The molecule has 0 heterocycles. The summed E-state index contributed by atoms with van der Waals surface area (Å²) in [6.07, 6.45) is 27.2. The highest BCUT2D eigenvalue weighted by Crippen LogP contribution is 2.15. The van der Waals surface area contributed by atoms with Gasteiger partial charge in [0.2, 0.25) is 0 Å². The maximum absolute atomic E-state index is 11.8. The third-order valence-electron chi connectivity index (χ3n) is 6.32. The van der Waals surface area contributed by atoms with Crippen molar-refractivity contribution < 1.29 is 19.4 Å². The largest absolute Gasteiger partial charge is 0.481 e. The normalized spacial score (nSPS) is 12.1. The van der Waals surface area contributed by atoms with Gasteiger partial charge in [-0.15, -0.1) is 0 Å². The van der Waals surface area contributed by atoms with Gasteiger partial charge in [-0.3, -0.25) is 9.59 Å². The molecule has 0 bridgehead atoms. The van der Waals surface area contributed by atoms with Gasteiger partial charge in [0.05, 0.1) is 6.10 Å². The number of carboxylic acid groups (broad SMARTS) is 1. The molecule has 0 saturated heterocycles. The molecule has 0 radical (unpaired) electrons. The Morgan fingerprint density at radius 1 is 0.594 bits per heavy atom. The molecular weight excluding hydrogens is 400 g/mol. The molecule has 0 aromatic heterocycles. The fourth-order valence-electron chi connectivity index (χ4n) is 4.23. The van der Waals surface area contributed by atoms with Gasteiger partial charge in [0.25, 0.3) is 0 Å². The van der Waals surface area contributed by atoms with Crippen molar-refractivity contribution in [2.45, 2.75) is 168 Å². The van der Waals surface area contributed by atoms with Crippen molar-refractivity contribution >= 4 is 11.9 Å². The van der Waals surface area contributed by atoms with Crippen molar-refractivity contribution in [1.82, 2.24) is 0 Å². The molecule has 4 nitrogen and oxygen atoms in total. The lowest BCUT2D eigenvalue weighted by Crippen LogP contribution is -2.15. The van der Waals surface area contributed by atoms with Crippen molar-refractivity contribution in [2.24, 2.45) is 0 Å².